The number of nitrogens with two attached hydrogens (primary N) is 1. The van der Waals surface area contributed by atoms with Gasteiger partial charge in [-0.25, -0.2) is 0 Å². The van der Waals surface area contributed by atoms with Crippen molar-refractivity contribution in [2.45, 2.75) is 32.1 Å². The molecule has 0 fully saturated rings. The molecule has 0 amide bonds. The Labute approximate surface area is 101 Å². The third kappa shape index (κ3) is 4.80. The van der Waals surface area contributed by atoms with Crippen molar-refractivity contribution in [1.29, 1.82) is 0 Å². The lowest BCUT2D eigenvalue weighted by atomic mass is 9.94. The van der Waals surface area contributed by atoms with Crippen molar-refractivity contribution in [1.82, 2.24) is 0 Å². The summed E-state index contributed by atoms with van der Waals surface area (Å²) in [5, 5.41) is 0.758. The molecule has 0 radical (unpaired) electrons. The Kier molecular flexibility index (Phi) is 4.35. The number of halogens is 1. The van der Waals surface area contributed by atoms with E-state index in [1.165, 1.54) is 6.42 Å². The topological polar surface area (TPSA) is 26.0 Å². The molecule has 1 rings (SSSR count). The number of rotatable bonds is 3. The van der Waals surface area contributed by atoms with Crippen LogP contribution in [0.5, 0.6) is 0 Å². The van der Waals surface area contributed by atoms with Gasteiger partial charge in [0.25, 0.3) is 0 Å². The van der Waals surface area contributed by atoms with Crippen LogP contribution in [0.15, 0.2) is 23.1 Å². The standard InChI is InChI=1S/C12H18ClNS/c1-12(2,3)6-7-15-11-5-4-9(14)8-10(11)13/h4-5,8H,6-7,14H2,1-3H3. The van der Waals surface area contributed by atoms with Crippen LogP contribution in [0.3, 0.4) is 0 Å². The lowest BCUT2D eigenvalue weighted by Gasteiger charge is -2.17. The Morgan fingerprint density at radius 3 is 2.53 bits per heavy atom. The first-order valence-corrected chi connectivity index (χ1v) is 6.43. The van der Waals surface area contributed by atoms with Gasteiger partial charge >= 0.3 is 0 Å². The molecule has 0 aliphatic rings. The highest BCUT2D eigenvalue weighted by Gasteiger charge is 2.10. The second-order valence-electron chi connectivity index (χ2n) is 4.85. The molecule has 2 N–H and O–H groups in total. The molecule has 0 aromatic heterocycles. The van der Waals surface area contributed by atoms with E-state index in [1.807, 2.05) is 12.1 Å². The van der Waals surface area contributed by atoms with Gasteiger partial charge in [-0.15, -0.1) is 11.8 Å². The molecular formula is C12H18ClNS. The van der Waals surface area contributed by atoms with Crippen LogP contribution >= 0.6 is 23.4 Å². The van der Waals surface area contributed by atoms with Crippen LogP contribution in [-0.4, -0.2) is 5.75 Å². The number of benzene rings is 1. The van der Waals surface area contributed by atoms with E-state index in [0.717, 1.165) is 21.4 Å². The molecule has 0 bridgehead atoms. The van der Waals surface area contributed by atoms with Crippen molar-refractivity contribution in [2.24, 2.45) is 5.41 Å². The quantitative estimate of drug-likeness (QED) is 0.627. The fourth-order valence-corrected chi connectivity index (χ4v) is 2.75. The maximum Gasteiger partial charge on any atom is 0.0562 e. The Morgan fingerprint density at radius 1 is 1.33 bits per heavy atom. The van der Waals surface area contributed by atoms with E-state index in [0.29, 0.717) is 5.41 Å². The minimum absolute atomic E-state index is 0.382. The number of hydrogen-bond acceptors (Lipinski definition) is 2. The van der Waals surface area contributed by atoms with Crippen LogP contribution in [0.25, 0.3) is 0 Å². The second-order valence-corrected chi connectivity index (χ2v) is 6.39. The Bertz CT molecular complexity index is 331. The van der Waals surface area contributed by atoms with Gasteiger partial charge in [0.2, 0.25) is 0 Å². The van der Waals surface area contributed by atoms with Crippen LogP contribution in [0.4, 0.5) is 5.69 Å². The molecule has 0 heterocycles. The third-order valence-electron chi connectivity index (χ3n) is 2.07. The minimum atomic E-state index is 0.382. The molecule has 0 saturated heterocycles. The summed E-state index contributed by atoms with van der Waals surface area (Å²) >= 11 is 7.87. The smallest absolute Gasteiger partial charge is 0.0562 e. The van der Waals surface area contributed by atoms with Crippen molar-refractivity contribution < 1.29 is 0 Å². The highest BCUT2D eigenvalue weighted by Crippen LogP contribution is 2.31. The second kappa shape index (κ2) is 5.13. The van der Waals surface area contributed by atoms with Gasteiger partial charge in [-0.05, 0) is 35.8 Å². The van der Waals surface area contributed by atoms with Crippen molar-refractivity contribution >= 4 is 29.1 Å². The van der Waals surface area contributed by atoms with E-state index in [1.54, 1.807) is 17.8 Å². The van der Waals surface area contributed by atoms with Gasteiger partial charge in [-0.3, -0.25) is 0 Å². The fraction of sp³-hybridized carbons (Fsp3) is 0.500. The summed E-state index contributed by atoms with van der Waals surface area (Å²) in [6.07, 6.45) is 1.18. The normalized spacial score (nSPS) is 11.7. The van der Waals surface area contributed by atoms with E-state index in [2.05, 4.69) is 20.8 Å². The van der Waals surface area contributed by atoms with E-state index < -0.39 is 0 Å². The predicted octanol–water partition coefficient (Wildman–Crippen LogP) is 4.45. The molecule has 0 spiro atoms. The maximum atomic E-state index is 6.08. The van der Waals surface area contributed by atoms with E-state index in [9.17, 15) is 0 Å². The van der Waals surface area contributed by atoms with Gasteiger partial charge in [-0.2, -0.15) is 0 Å². The van der Waals surface area contributed by atoms with E-state index in [4.69, 9.17) is 17.3 Å². The van der Waals surface area contributed by atoms with Crippen molar-refractivity contribution in [3.63, 3.8) is 0 Å². The first-order valence-electron chi connectivity index (χ1n) is 5.06. The Morgan fingerprint density at radius 2 is 2.00 bits per heavy atom. The molecule has 0 atom stereocenters. The summed E-state index contributed by atoms with van der Waals surface area (Å²) in [5.41, 5.74) is 6.74. The monoisotopic (exact) mass is 243 g/mol. The molecule has 84 valence electrons. The largest absolute Gasteiger partial charge is 0.399 e. The number of thioether (sulfide) groups is 1. The third-order valence-corrected chi connectivity index (χ3v) is 3.57. The van der Waals surface area contributed by atoms with Crippen molar-refractivity contribution in [3.05, 3.63) is 23.2 Å². The molecule has 1 nitrogen and oxygen atoms in total. The molecule has 3 heteroatoms. The summed E-state index contributed by atoms with van der Waals surface area (Å²) in [6.45, 7) is 6.74. The lowest BCUT2D eigenvalue weighted by Crippen LogP contribution is -2.05. The molecule has 1 aromatic rings. The molecule has 0 aliphatic heterocycles. The van der Waals surface area contributed by atoms with Gasteiger partial charge < -0.3 is 5.73 Å². The highest BCUT2D eigenvalue weighted by molar-refractivity contribution is 7.99. The molecule has 0 unspecified atom stereocenters. The highest BCUT2D eigenvalue weighted by atomic mass is 35.5. The molecule has 1 aromatic carbocycles. The number of hydrogen-bond donors (Lipinski definition) is 1. The SMILES string of the molecule is CC(C)(C)CCSc1ccc(N)cc1Cl. The Balaban J connectivity index is 2.51. The van der Waals surface area contributed by atoms with Crippen LogP contribution in [0, 0.1) is 5.41 Å². The molecule has 0 saturated carbocycles. The summed E-state index contributed by atoms with van der Waals surface area (Å²) in [6, 6.07) is 5.69. The van der Waals surface area contributed by atoms with Crippen LogP contribution in [0.1, 0.15) is 27.2 Å². The summed E-state index contributed by atoms with van der Waals surface area (Å²) in [4.78, 5) is 1.12. The first kappa shape index (κ1) is 12.7. The van der Waals surface area contributed by atoms with Crippen molar-refractivity contribution in [2.75, 3.05) is 11.5 Å². The van der Waals surface area contributed by atoms with Gasteiger partial charge in [0.1, 0.15) is 0 Å². The number of nitrogen functional groups attached to an aromatic ring is 1. The zero-order chi connectivity index (χ0) is 11.5. The van der Waals surface area contributed by atoms with E-state index in [-0.39, 0.29) is 0 Å². The van der Waals surface area contributed by atoms with Gasteiger partial charge in [0.15, 0.2) is 0 Å². The average Bonchev–Trinajstić information content (AvgIpc) is 2.07. The lowest BCUT2D eigenvalue weighted by molar-refractivity contribution is 0.401. The zero-order valence-electron chi connectivity index (χ0n) is 9.51. The van der Waals surface area contributed by atoms with Gasteiger partial charge in [0, 0.05) is 10.6 Å². The van der Waals surface area contributed by atoms with Gasteiger partial charge in [0.05, 0.1) is 5.02 Å². The fourth-order valence-electron chi connectivity index (χ4n) is 1.10. The maximum absolute atomic E-state index is 6.08. The predicted molar refractivity (Wildman–Crippen MR) is 70.7 cm³/mol. The zero-order valence-corrected chi connectivity index (χ0v) is 11.1. The average molecular weight is 244 g/mol. The summed E-state index contributed by atoms with van der Waals surface area (Å²) in [7, 11) is 0. The molecule has 15 heavy (non-hydrogen) atoms. The number of anilines is 1. The first-order chi connectivity index (χ1) is 6.88. The molecular weight excluding hydrogens is 226 g/mol. The van der Waals surface area contributed by atoms with E-state index >= 15 is 0 Å². The van der Waals surface area contributed by atoms with Crippen molar-refractivity contribution in [3.8, 4) is 0 Å². The van der Waals surface area contributed by atoms with Gasteiger partial charge in [-0.1, -0.05) is 32.4 Å². The Hall–Kier alpha value is -0.340. The van der Waals surface area contributed by atoms with Crippen LogP contribution < -0.4 is 5.73 Å². The minimum Gasteiger partial charge on any atom is -0.399 e. The van der Waals surface area contributed by atoms with Crippen LogP contribution in [0.2, 0.25) is 5.02 Å². The van der Waals surface area contributed by atoms with Crippen LogP contribution in [-0.2, 0) is 0 Å². The molecule has 0 aliphatic carbocycles. The summed E-state index contributed by atoms with van der Waals surface area (Å²) in [5.74, 6) is 1.09. The summed E-state index contributed by atoms with van der Waals surface area (Å²) < 4.78 is 0.